The molecule has 0 saturated heterocycles. The number of rotatable bonds is 5. The van der Waals surface area contributed by atoms with Gasteiger partial charge in [-0.05, 0) is 66.7 Å². The van der Waals surface area contributed by atoms with E-state index >= 15 is 0 Å². The van der Waals surface area contributed by atoms with Crippen LogP contribution >= 0.6 is 0 Å². The van der Waals surface area contributed by atoms with E-state index in [-0.39, 0.29) is 17.7 Å². The zero-order valence-corrected chi connectivity index (χ0v) is 17.4. The molecule has 6 nitrogen and oxygen atoms in total. The number of nitrogens with one attached hydrogen (secondary N) is 1. The summed E-state index contributed by atoms with van der Waals surface area (Å²) in [7, 11) is 0. The Bertz CT molecular complexity index is 1330. The first-order valence-electron chi connectivity index (χ1n) is 10.3. The Kier molecular flexibility index (Phi) is 5.16. The number of carbonyl (C=O) groups excluding carboxylic acids is 3. The monoisotopic (exact) mass is 434 g/mol. The summed E-state index contributed by atoms with van der Waals surface area (Å²) in [4.78, 5) is 39.3. The first-order chi connectivity index (χ1) is 16.1. The van der Waals surface area contributed by atoms with Gasteiger partial charge in [-0.1, -0.05) is 36.4 Å². The minimum atomic E-state index is -0.381. The van der Waals surface area contributed by atoms with E-state index in [0.717, 1.165) is 4.90 Å². The number of nitrogens with zero attached hydrogens (tertiary/aromatic N) is 1. The van der Waals surface area contributed by atoms with Gasteiger partial charge in [-0.2, -0.15) is 0 Å². The lowest BCUT2D eigenvalue weighted by Crippen LogP contribution is -2.29. The Morgan fingerprint density at radius 3 is 1.94 bits per heavy atom. The fourth-order valence-electron chi connectivity index (χ4n) is 3.65. The molecule has 1 N–H and O–H groups in total. The van der Waals surface area contributed by atoms with Crippen LogP contribution in [0, 0.1) is 0 Å². The highest BCUT2D eigenvalue weighted by Crippen LogP contribution is 2.30. The van der Waals surface area contributed by atoms with Gasteiger partial charge in [0.25, 0.3) is 17.7 Å². The number of benzene rings is 4. The predicted octanol–water partition coefficient (Wildman–Crippen LogP) is 5.53. The maximum atomic E-state index is 12.7. The second-order valence-corrected chi connectivity index (χ2v) is 7.44. The van der Waals surface area contributed by atoms with Crippen molar-refractivity contribution in [2.75, 3.05) is 10.2 Å². The summed E-state index contributed by atoms with van der Waals surface area (Å²) < 4.78 is 5.75. The molecule has 1 aliphatic rings. The Morgan fingerprint density at radius 2 is 1.27 bits per heavy atom. The van der Waals surface area contributed by atoms with Crippen LogP contribution in [0.4, 0.5) is 11.4 Å². The number of para-hydroxylation sites is 1. The molecule has 33 heavy (non-hydrogen) atoms. The van der Waals surface area contributed by atoms with Gasteiger partial charge in [0.15, 0.2) is 0 Å². The second kappa shape index (κ2) is 8.43. The molecule has 1 heterocycles. The highest BCUT2D eigenvalue weighted by molar-refractivity contribution is 6.34. The standard InChI is InChI=1S/C27H18N2O4/c30-25(18-13-15-22(16-14-18)33-21-9-2-1-3-10-21)28-19-7-6-8-20(17-19)29-26(31)23-11-4-5-12-24(23)27(29)32/h1-17H,(H,28,30). The number of fused-ring (bicyclic) bond motifs is 1. The van der Waals surface area contributed by atoms with Crippen LogP contribution in [0.1, 0.15) is 31.1 Å². The van der Waals surface area contributed by atoms with Crippen LogP contribution in [0.15, 0.2) is 103 Å². The molecule has 0 radical (unpaired) electrons. The van der Waals surface area contributed by atoms with Crippen molar-refractivity contribution in [1.29, 1.82) is 0 Å². The van der Waals surface area contributed by atoms with E-state index in [1.54, 1.807) is 72.8 Å². The lowest BCUT2D eigenvalue weighted by Gasteiger charge is -2.15. The van der Waals surface area contributed by atoms with Crippen molar-refractivity contribution < 1.29 is 19.1 Å². The number of hydrogen-bond donors (Lipinski definition) is 1. The highest BCUT2D eigenvalue weighted by Gasteiger charge is 2.36. The van der Waals surface area contributed by atoms with Gasteiger partial charge in [-0.15, -0.1) is 0 Å². The molecule has 0 saturated carbocycles. The van der Waals surface area contributed by atoms with E-state index in [1.165, 1.54) is 0 Å². The molecule has 4 aromatic carbocycles. The summed E-state index contributed by atoms with van der Waals surface area (Å²) in [6.45, 7) is 0. The molecule has 0 aliphatic carbocycles. The average molecular weight is 434 g/mol. The Hall–Kier alpha value is -4.71. The van der Waals surface area contributed by atoms with E-state index in [4.69, 9.17) is 4.74 Å². The molecule has 6 heteroatoms. The Labute approximate surface area is 190 Å². The minimum absolute atomic E-state index is 0.319. The van der Waals surface area contributed by atoms with Crippen molar-refractivity contribution in [3.8, 4) is 11.5 Å². The van der Waals surface area contributed by atoms with Crippen molar-refractivity contribution in [2.24, 2.45) is 0 Å². The van der Waals surface area contributed by atoms with E-state index in [2.05, 4.69) is 5.32 Å². The summed E-state index contributed by atoms with van der Waals surface area (Å²) in [5.41, 5.74) is 2.05. The summed E-state index contributed by atoms with van der Waals surface area (Å²) in [5, 5.41) is 2.81. The molecule has 0 aromatic heterocycles. The molecular weight excluding hydrogens is 416 g/mol. The maximum Gasteiger partial charge on any atom is 0.266 e. The average Bonchev–Trinajstić information content (AvgIpc) is 3.10. The first kappa shape index (κ1) is 20.2. The van der Waals surface area contributed by atoms with Gasteiger partial charge in [0.1, 0.15) is 11.5 Å². The molecule has 0 atom stereocenters. The molecule has 4 aromatic rings. The summed E-state index contributed by atoms with van der Waals surface area (Å²) in [5.74, 6) is 0.243. The van der Waals surface area contributed by atoms with Crippen molar-refractivity contribution in [3.63, 3.8) is 0 Å². The quantitative estimate of drug-likeness (QED) is 0.419. The fourth-order valence-corrected chi connectivity index (χ4v) is 3.65. The molecule has 3 amide bonds. The zero-order valence-electron chi connectivity index (χ0n) is 17.4. The zero-order chi connectivity index (χ0) is 22.8. The fraction of sp³-hybridized carbons (Fsp3) is 0. The molecular formula is C27H18N2O4. The second-order valence-electron chi connectivity index (χ2n) is 7.44. The summed E-state index contributed by atoms with van der Waals surface area (Å²) in [6, 6.07) is 29.5. The molecule has 0 bridgehead atoms. The largest absolute Gasteiger partial charge is 0.457 e. The molecule has 160 valence electrons. The smallest absolute Gasteiger partial charge is 0.266 e. The van der Waals surface area contributed by atoms with Gasteiger partial charge < -0.3 is 10.1 Å². The number of hydrogen-bond acceptors (Lipinski definition) is 4. The van der Waals surface area contributed by atoms with Crippen LogP contribution in [0.2, 0.25) is 0 Å². The Balaban J connectivity index is 1.31. The van der Waals surface area contributed by atoms with Crippen LogP contribution in [0.25, 0.3) is 0 Å². The van der Waals surface area contributed by atoms with Gasteiger partial charge in [-0.25, -0.2) is 4.90 Å². The lowest BCUT2D eigenvalue weighted by atomic mass is 10.1. The van der Waals surface area contributed by atoms with Gasteiger partial charge in [0.2, 0.25) is 0 Å². The molecule has 0 spiro atoms. The topological polar surface area (TPSA) is 75.7 Å². The highest BCUT2D eigenvalue weighted by atomic mass is 16.5. The van der Waals surface area contributed by atoms with Gasteiger partial charge in [0.05, 0.1) is 16.8 Å². The third-order valence-electron chi connectivity index (χ3n) is 5.25. The van der Waals surface area contributed by atoms with Crippen LogP contribution < -0.4 is 15.0 Å². The number of ether oxygens (including phenoxy) is 1. The SMILES string of the molecule is O=C(Nc1cccc(N2C(=O)c3ccccc3C2=O)c1)c1ccc(Oc2ccccc2)cc1. The van der Waals surface area contributed by atoms with Crippen LogP contribution in [0.5, 0.6) is 11.5 Å². The maximum absolute atomic E-state index is 12.7. The summed E-state index contributed by atoms with van der Waals surface area (Å²) >= 11 is 0. The van der Waals surface area contributed by atoms with E-state index in [1.807, 2.05) is 30.3 Å². The van der Waals surface area contributed by atoms with E-state index in [9.17, 15) is 14.4 Å². The van der Waals surface area contributed by atoms with Gasteiger partial charge >= 0.3 is 0 Å². The third-order valence-corrected chi connectivity index (χ3v) is 5.25. The van der Waals surface area contributed by atoms with Crippen molar-refractivity contribution in [3.05, 3.63) is 120 Å². The minimum Gasteiger partial charge on any atom is -0.457 e. The van der Waals surface area contributed by atoms with Crippen LogP contribution in [-0.2, 0) is 0 Å². The molecule has 5 rings (SSSR count). The van der Waals surface area contributed by atoms with Gasteiger partial charge in [0, 0.05) is 11.3 Å². The number of carbonyl (C=O) groups is 3. The first-order valence-corrected chi connectivity index (χ1v) is 10.3. The normalized spacial score (nSPS) is 12.4. The number of anilines is 2. The molecule has 0 fully saturated rings. The van der Waals surface area contributed by atoms with E-state index in [0.29, 0.717) is 39.6 Å². The van der Waals surface area contributed by atoms with Crippen LogP contribution in [-0.4, -0.2) is 17.7 Å². The van der Waals surface area contributed by atoms with Crippen molar-refractivity contribution in [2.45, 2.75) is 0 Å². The number of amides is 3. The van der Waals surface area contributed by atoms with Gasteiger partial charge in [-0.3, -0.25) is 14.4 Å². The third kappa shape index (κ3) is 3.97. The molecule has 0 unspecified atom stereocenters. The summed E-state index contributed by atoms with van der Waals surface area (Å²) in [6.07, 6.45) is 0. The van der Waals surface area contributed by atoms with Crippen molar-refractivity contribution in [1.82, 2.24) is 0 Å². The van der Waals surface area contributed by atoms with E-state index < -0.39 is 0 Å². The lowest BCUT2D eigenvalue weighted by molar-refractivity contribution is 0.0925. The Morgan fingerprint density at radius 1 is 0.667 bits per heavy atom. The molecule has 1 aliphatic heterocycles. The van der Waals surface area contributed by atoms with Crippen molar-refractivity contribution >= 4 is 29.1 Å². The predicted molar refractivity (Wildman–Crippen MR) is 125 cm³/mol. The number of imide groups is 1. The van der Waals surface area contributed by atoms with Crippen LogP contribution in [0.3, 0.4) is 0 Å².